The van der Waals surface area contributed by atoms with Gasteiger partial charge in [-0.2, -0.15) is 4.37 Å². The Hall–Kier alpha value is -1.16. The third kappa shape index (κ3) is 4.16. The number of nitrogens with zero attached hydrogens (tertiary/aromatic N) is 2. The summed E-state index contributed by atoms with van der Waals surface area (Å²) in [4.78, 5) is 15.8. The lowest BCUT2D eigenvalue weighted by Crippen LogP contribution is -2.37. The SMILES string of the molecule is Nc1c(C(=O)c2ccc(Cl)cc2)sc2snc(SCCN3CCOCC3)c12. The first-order chi connectivity index (χ1) is 13.1. The number of ether oxygens (including phenoxy) is 1. The topological polar surface area (TPSA) is 68.5 Å². The normalized spacial score (nSPS) is 15.4. The van der Waals surface area contributed by atoms with E-state index in [0.717, 1.165) is 53.0 Å². The van der Waals surface area contributed by atoms with Gasteiger partial charge >= 0.3 is 0 Å². The second kappa shape index (κ2) is 8.46. The number of thioether (sulfide) groups is 1. The summed E-state index contributed by atoms with van der Waals surface area (Å²) in [6.45, 7) is 4.56. The number of ketones is 1. The zero-order valence-electron chi connectivity index (χ0n) is 14.4. The molecule has 142 valence electrons. The highest BCUT2D eigenvalue weighted by Gasteiger charge is 2.22. The number of thiophene rings is 1. The lowest BCUT2D eigenvalue weighted by molar-refractivity contribution is 0.0410. The molecule has 4 rings (SSSR count). The fraction of sp³-hybridized carbons (Fsp3) is 0.333. The summed E-state index contributed by atoms with van der Waals surface area (Å²) in [5, 5.41) is 2.45. The number of nitrogen functional groups attached to an aromatic ring is 1. The van der Waals surface area contributed by atoms with Crippen LogP contribution in [0.15, 0.2) is 29.3 Å². The van der Waals surface area contributed by atoms with Crippen LogP contribution in [-0.2, 0) is 4.74 Å². The monoisotopic (exact) mass is 439 g/mol. The Morgan fingerprint density at radius 3 is 2.78 bits per heavy atom. The van der Waals surface area contributed by atoms with Crippen LogP contribution >= 0.6 is 46.2 Å². The lowest BCUT2D eigenvalue weighted by atomic mass is 10.1. The molecule has 0 bridgehead atoms. The van der Waals surface area contributed by atoms with Crippen molar-refractivity contribution in [3.8, 4) is 0 Å². The van der Waals surface area contributed by atoms with Crippen LogP contribution in [-0.4, -0.2) is 53.7 Å². The summed E-state index contributed by atoms with van der Waals surface area (Å²) in [6, 6.07) is 6.90. The highest BCUT2D eigenvalue weighted by Crippen LogP contribution is 2.42. The molecule has 1 fully saturated rings. The molecule has 9 heteroatoms. The largest absolute Gasteiger partial charge is 0.397 e. The molecule has 1 aromatic carbocycles. The molecule has 0 saturated carbocycles. The summed E-state index contributed by atoms with van der Waals surface area (Å²) in [6.07, 6.45) is 0. The number of fused-ring (bicyclic) bond motifs is 1. The number of hydrogen-bond donors (Lipinski definition) is 1. The van der Waals surface area contributed by atoms with E-state index in [1.807, 2.05) is 0 Å². The second-order valence-electron chi connectivity index (χ2n) is 6.13. The fourth-order valence-corrected chi connectivity index (χ4v) is 6.37. The maximum absolute atomic E-state index is 12.8. The van der Waals surface area contributed by atoms with Gasteiger partial charge in [0.05, 0.1) is 24.3 Å². The van der Waals surface area contributed by atoms with Gasteiger partial charge in [0.15, 0.2) is 0 Å². The molecule has 0 radical (unpaired) electrons. The Labute approximate surface area is 174 Å². The Bertz CT molecular complexity index is 949. The molecule has 0 spiro atoms. The number of rotatable bonds is 6. The van der Waals surface area contributed by atoms with Gasteiger partial charge in [-0.1, -0.05) is 11.6 Å². The van der Waals surface area contributed by atoms with E-state index < -0.39 is 0 Å². The minimum absolute atomic E-state index is 0.0677. The van der Waals surface area contributed by atoms with Crippen molar-refractivity contribution >= 4 is 67.1 Å². The molecule has 27 heavy (non-hydrogen) atoms. The number of nitrogens with two attached hydrogens (primary N) is 1. The Balaban J connectivity index is 1.50. The average molecular weight is 440 g/mol. The van der Waals surface area contributed by atoms with Gasteiger partial charge in [-0.25, -0.2) is 0 Å². The van der Waals surface area contributed by atoms with Gasteiger partial charge in [-0.15, -0.1) is 23.1 Å². The first-order valence-electron chi connectivity index (χ1n) is 8.54. The number of anilines is 1. The first kappa shape index (κ1) is 19.2. The van der Waals surface area contributed by atoms with Gasteiger partial charge < -0.3 is 10.5 Å². The van der Waals surface area contributed by atoms with Gasteiger partial charge in [-0.3, -0.25) is 9.69 Å². The standard InChI is InChI=1S/C18H18ClN3O2S3/c19-12-3-1-11(2-4-12)15(23)16-14(20)13-17(21-27-18(13)26-16)25-10-7-22-5-8-24-9-6-22/h1-4H,5-10,20H2. The minimum atomic E-state index is -0.0677. The quantitative estimate of drug-likeness (QED) is 0.457. The van der Waals surface area contributed by atoms with Crippen molar-refractivity contribution in [1.29, 1.82) is 0 Å². The molecule has 3 heterocycles. The predicted molar refractivity (Wildman–Crippen MR) is 115 cm³/mol. The summed E-state index contributed by atoms with van der Waals surface area (Å²) in [5.74, 6) is 0.871. The van der Waals surface area contributed by atoms with Crippen LogP contribution in [0.1, 0.15) is 15.2 Å². The molecular formula is C18H18ClN3O2S3. The van der Waals surface area contributed by atoms with Gasteiger partial charge in [0.25, 0.3) is 0 Å². The van der Waals surface area contributed by atoms with Crippen LogP contribution in [0.5, 0.6) is 0 Å². The van der Waals surface area contributed by atoms with Crippen molar-refractivity contribution in [2.45, 2.75) is 5.03 Å². The van der Waals surface area contributed by atoms with Gasteiger partial charge in [0.1, 0.15) is 13.9 Å². The third-order valence-corrected chi connectivity index (χ3v) is 7.84. The number of halogens is 1. The van der Waals surface area contributed by atoms with Crippen LogP contribution < -0.4 is 5.73 Å². The van der Waals surface area contributed by atoms with Crippen LogP contribution in [0.4, 0.5) is 5.69 Å². The second-order valence-corrected chi connectivity index (χ2v) is 9.71. The van der Waals surface area contributed by atoms with E-state index in [9.17, 15) is 4.79 Å². The number of carbonyl (C=O) groups excluding carboxylic acids is 1. The van der Waals surface area contributed by atoms with E-state index in [1.165, 1.54) is 22.9 Å². The summed E-state index contributed by atoms with van der Waals surface area (Å²) < 4.78 is 10.9. The third-order valence-electron chi connectivity index (χ3n) is 4.40. The van der Waals surface area contributed by atoms with Crippen LogP contribution in [0.2, 0.25) is 5.02 Å². The Morgan fingerprint density at radius 2 is 2.04 bits per heavy atom. The van der Waals surface area contributed by atoms with Crippen molar-refractivity contribution in [1.82, 2.24) is 9.27 Å². The van der Waals surface area contributed by atoms with Crippen molar-refractivity contribution < 1.29 is 9.53 Å². The summed E-state index contributed by atoms with van der Waals surface area (Å²) in [7, 11) is 0. The zero-order chi connectivity index (χ0) is 18.8. The van der Waals surface area contributed by atoms with E-state index in [-0.39, 0.29) is 5.78 Å². The van der Waals surface area contributed by atoms with Crippen molar-refractivity contribution in [2.24, 2.45) is 0 Å². The molecule has 1 aliphatic rings. The number of carbonyl (C=O) groups is 1. The zero-order valence-corrected chi connectivity index (χ0v) is 17.6. The van der Waals surface area contributed by atoms with Crippen LogP contribution in [0.25, 0.3) is 9.40 Å². The molecule has 0 aliphatic carbocycles. The maximum atomic E-state index is 12.8. The van der Waals surface area contributed by atoms with E-state index in [4.69, 9.17) is 22.1 Å². The molecule has 0 unspecified atom stereocenters. The van der Waals surface area contributed by atoms with Gasteiger partial charge in [-0.05, 0) is 35.8 Å². The number of benzene rings is 1. The maximum Gasteiger partial charge on any atom is 0.205 e. The van der Waals surface area contributed by atoms with E-state index in [0.29, 0.717) is 21.2 Å². The number of hydrogen-bond acceptors (Lipinski definition) is 8. The predicted octanol–water partition coefficient (Wildman–Crippen LogP) is 4.25. The van der Waals surface area contributed by atoms with Gasteiger partial charge in [0.2, 0.25) is 5.78 Å². The molecule has 5 nitrogen and oxygen atoms in total. The average Bonchev–Trinajstić information content (AvgIpc) is 3.23. The first-order valence-corrected chi connectivity index (χ1v) is 11.5. The molecule has 3 aromatic rings. The van der Waals surface area contributed by atoms with Crippen LogP contribution in [0.3, 0.4) is 0 Å². The molecule has 2 N–H and O–H groups in total. The molecule has 1 saturated heterocycles. The fourth-order valence-electron chi connectivity index (χ4n) is 2.91. The lowest BCUT2D eigenvalue weighted by Gasteiger charge is -2.26. The van der Waals surface area contributed by atoms with Crippen molar-refractivity contribution in [3.63, 3.8) is 0 Å². The molecule has 1 aliphatic heterocycles. The van der Waals surface area contributed by atoms with Crippen LogP contribution in [0, 0.1) is 0 Å². The molecular weight excluding hydrogens is 422 g/mol. The smallest absolute Gasteiger partial charge is 0.205 e. The van der Waals surface area contributed by atoms with E-state index in [2.05, 4.69) is 9.27 Å². The molecule has 0 amide bonds. The van der Waals surface area contributed by atoms with Gasteiger partial charge in [0, 0.05) is 36.0 Å². The van der Waals surface area contributed by atoms with E-state index in [1.54, 1.807) is 36.0 Å². The minimum Gasteiger partial charge on any atom is -0.397 e. The molecule has 0 atom stereocenters. The highest BCUT2D eigenvalue weighted by atomic mass is 35.5. The number of morpholine rings is 1. The summed E-state index contributed by atoms with van der Waals surface area (Å²) >= 11 is 10.4. The summed E-state index contributed by atoms with van der Waals surface area (Å²) in [5.41, 5.74) is 7.49. The highest BCUT2D eigenvalue weighted by molar-refractivity contribution is 7.99. The van der Waals surface area contributed by atoms with Crippen molar-refractivity contribution in [3.05, 3.63) is 39.7 Å². The van der Waals surface area contributed by atoms with E-state index >= 15 is 0 Å². The molecule has 2 aromatic heterocycles. The Kier molecular flexibility index (Phi) is 6.01. The Morgan fingerprint density at radius 1 is 1.30 bits per heavy atom. The number of aromatic nitrogens is 1. The van der Waals surface area contributed by atoms with Crippen molar-refractivity contribution in [2.75, 3.05) is 44.3 Å².